The lowest BCUT2D eigenvalue weighted by Crippen LogP contribution is -3.10. The summed E-state index contributed by atoms with van der Waals surface area (Å²) in [5.74, 6) is -0.391. The van der Waals surface area contributed by atoms with Crippen LogP contribution in [0.1, 0.15) is 0 Å². The van der Waals surface area contributed by atoms with Crippen LogP contribution in [0.4, 0.5) is 0 Å². The third-order valence-corrected chi connectivity index (χ3v) is 0.968. The standard InChI is InChI=1S/C5H11NO3.ClH/c1-6(2)5(9)4(8)3-7;/h4,7-8H,3H2,1-2H3;1H. The van der Waals surface area contributed by atoms with Gasteiger partial charge in [-0.3, -0.25) is 4.90 Å². The monoisotopic (exact) mass is 169 g/mol. The molecule has 0 fully saturated rings. The van der Waals surface area contributed by atoms with Gasteiger partial charge in [0.05, 0.1) is 20.7 Å². The number of hydrogen-bond donors (Lipinski definition) is 3. The average Bonchev–Trinajstić information content (AvgIpc) is 1.84. The lowest BCUT2D eigenvalue weighted by molar-refractivity contribution is -0.777. The highest BCUT2D eigenvalue weighted by atomic mass is 35.5. The van der Waals surface area contributed by atoms with Crippen LogP contribution in [0.3, 0.4) is 0 Å². The summed E-state index contributed by atoms with van der Waals surface area (Å²) >= 11 is 0. The van der Waals surface area contributed by atoms with E-state index >= 15 is 0 Å². The molecule has 0 aliphatic rings. The van der Waals surface area contributed by atoms with E-state index in [2.05, 4.69) is 0 Å². The molecular weight excluding hydrogens is 158 g/mol. The number of amides is 1. The summed E-state index contributed by atoms with van der Waals surface area (Å²) in [7, 11) is 3.20. The Labute approximate surface area is 65.9 Å². The molecule has 0 rings (SSSR count). The van der Waals surface area contributed by atoms with Gasteiger partial charge < -0.3 is 22.6 Å². The quantitative estimate of drug-likeness (QED) is 0.386. The molecule has 10 heavy (non-hydrogen) atoms. The number of aliphatic hydroxyl groups is 2. The number of quaternary nitrogens is 1. The maximum atomic E-state index is 10.6. The largest absolute Gasteiger partial charge is 1.00 e. The molecule has 0 radical (unpaired) electrons. The summed E-state index contributed by atoms with van der Waals surface area (Å²) in [6.45, 7) is -0.496. The van der Waals surface area contributed by atoms with Gasteiger partial charge in [0.1, 0.15) is 0 Å². The molecule has 4 nitrogen and oxygen atoms in total. The van der Waals surface area contributed by atoms with E-state index in [9.17, 15) is 4.79 Å². The van der Waals surface area contributed by atoms with Gasteiger partial charge in [-0.25, -0.2) is 4.79 Å². The molecule has 0 aromatic carbocycles. The van der Waals surface area contributed by atoms with Gasteiger partial charge in [0.25, 0.3) is 0 Å². The van der Waals surface area contributed by atoms with Gasteiger partial charge >= 0.3 is 5.91 Å². The van der Waals surface area contributed by atoms with Crippen molar-refractivity contribution in [3.63, 3.8) is 0 Å². The summed E-state index contributed by atoms with van der Waals surface area (Å²) in [6.07, 6.45) is -1.23. The zero-order chi connectivity index (χ0) is 7.44. The fraction of sp³-hybridized carbons (Fsp3) is 0.800. The van der Waals surface area contributed by atoms with E-state index in [0.29, 0.717) is 4.90 Å². The Morgan fingerprint density at radius 3 is 2.10 bits per heavy atom. The molecule has 0 aliphatic carbocycles. The van der Waals surface area contributed by atoms with Crippen LogP contribution in [0.25, 0.3) is 0 Å². The number of halogens is 1. The minimum atomic E-state index is -1.23. The molecule has 1 amide bonds. The first-order valence-corrected chi connectivity index (χ1v) is 2.73. The Morgan fingerprint density at radius 1 is 1.60 bits per heavy atom. The van der Waals surface area contributed by atoms with Crippen molar-refractivity contribution in [2.24, 2.45) is 0 Å². The van der Waals surface area contributed by atoms with Crippen molar-refractivity contribution in [3.8, 4) is 0 Å². The average molecular weight is 170 g/mol. The molecule has 0 saturated heterocycles. The maximum absolute atomic E-state index is 10.6. The van der Waals surface area contributed by atoms with Gasteiger partial charge in [-0.2, -0.15) is 0 Å². The van der Waals surface area contributed by atoms with Gasteiger partial charge in [0.15, 0.2) is 6.10 Å². The SMILES string of the molecule is C[NH+](C)C(=O)C(O)CO.[Cl-]. The molecule has 0 spiro atoms. The summed E-state index contributed by atoms with van der Waals surface area (Å²) in [5.41, 5.74) is 0. The second-order valence-corrected chi connectivity index (χ2v) is 2.06. The van der Waals surface area contributed by atoms with Crippen LogP contribution < -0.4 is 17.3 Å². The Morgan fingerprint density at radius 2 is 2.00 bits per heavy atom. The van der Waals surface area contributed by atoms with Crippen molar-refractivity contribution in [1.82, 2.24) is 0 Å². The lowest BCUT2D eigenvalue weighted by Gasteiger charge is -2.07. The zero-order valence-corrected chi connectivity index (χ0v) is 6.72. The summed E-state index contributed by atoms with van der Waals surface area (Å²) in [6, 6.07) is 0. The molecule has 0 saturated carbocycles. The third-order valence-electron chi connectivity index (χ3n) is 0.968. The highest BCUT2D eigenvalue weighted by Gasteiger charge is 2.19. The molecule has 3 N–H and O–H groups in total. The van der Waals surface area contributed by atoms with Crippen LogP contribution in [0.5, 0.6) is 0 Å². The van der Waals surface area contributed by atoms with E-state index in [1.54, 1.807) is 14.1 Å². The Hall–Kier alpha value is -0.160. The Balaban J connectivity index is 0. The van der Waals surface area contributed by atoms with Crippen LogP contribution in [0, 0.1) is 0 Å². The first-order chi connectivity index (χ1) is 4.09. The van der Waals surface area contributed by atoms with E-state index in [0.717, 1.165) is 0 Å². The van der Waals surface area contributed by atoms with E-state index in [1.807, 2.05) is 0 Å². The number of aliphatic hydroxyl groups excluding tert-OH is 2. The van der Waals surface area contributed by atoms with E-state index in [1.165, 1.54) is 0 Å². The van der Waals surface area contributed by atoms with Crippen molar-refractivity contribution >= 4 is 5.91 Å². The molecule has 62 valence electrons. The minimum absolute atomic E-state index is 0. The minimum Gasteiger partial charge on any atom is -1.00 e. The van der Waals surface area contributed by atoms with Crippen molar-refractivity contribution in [3.05, 3.63) is 0 Å². The van der Waals surface area contributed by atoms with Gasteiger partial charge in [0, 0.05) is 0 Å². The fourth-order valence-corrected chi connectivity index (χ4v) is 0.416. The first-order valence-electron chi connectivity index (χ1n) is 2.73. The van der Waals surface area contributed by atoms with E-state index in [4.69, 9.17) is 10.2 Å². The highest BCUT2D eigenvalue weighted by molar-refractivity contribution is 5.71. The molecule has 0 bridgehead atoms. The number of nitrogens with one attached hydrogen (secondary N) is 1. The van der Waals surface area contributed by atoms with Crippen molar-refractivity contribution < 1.29 is 32.3 Å². The van der Waals surface area contributed by atoms with Crippen LogP contribution >= 0.6 is 0 Å². The van der Waals surface area contributed by atoms with Crippen molar-refractivity contribution in [2.45, 2.75) is 6.10 Å². The Bertz CT molecular complexity index is 107. The number of hydrogen-bond acceptors (Lipinski definition) is 3. The van der Waals surface area contributed by atoms with Crippen molar-refractivity contribution in [2.75, 3.05) is 20.7 Å². The molecule has 0 heterocycles. The van der Waals surface area contributed by atoms with Crippen LogP contribution in [0.15, 0.2) is 0 Å². The predicted molar refractivity (Wildman–Crippen MR) is 30.9 cm³/mol. The molecule has 0 aromatic heterocycles. The number of rotatable bonds is 2. The molecule has 5 heteroatoms. The predicted octanol–water partition coefficient (Wildman–Crippen LogP) is -5.99. The van der Waals surface area contributed by atoms with Gasteiger partial charge in [-0.05, 0) is 0 Å². The van der Waals surface area contributed by atoms with E-state index in [-0.39, 0.29) is 12.4 Å². The van der Waals surface area contributed by atoms with Gasteiger partial charge in [0.2, 0.25) is 0 Å². The maximum Gasteiger partial charge on any atom is 0.342 e. The highest BCUT2D eigenvalue weighted by Crippen LogP contribution is 1.73. The summed E-state index contributed by atoms with van der Waals surface area (Å²) in [4.78, 5) is 11.1. The number of carbonyl (C=O) groups is 1. The molecule has 0 aromatic rings. The summed E-state index contributed by atoms with van der Waals surface area (Å²) in [5, 5.41) is 16.9. The summed E-state index contributed by atoms with van der Waals surface area (Å²) < 4.78 is 0. The lowest BCUT2D eigenvalue weighted by atomic mass is 10.3. The molecule has 0 aliphatic heterocycles. The van der Waals surface area contributed by atoms with Crippen LogP contribution in [-0.4, -0.2) is 42.9 Å². The molecule has 1 atom stereocenters. The third kappa shape index (κ3) is 3.79. The smallest absolute Gasteiger partial charge is 0.342 e. The second-order valence-electron chi connectivity index (χ2n) is 2.06. The number of carbonyl (C=O) groups excluding carboxylic acids is 1. The second kappa shape index (κ2) is 5.61. The van der Waals surface area contributed by atoms with Crippen LogP contribution in [-0.2, 0) is 4.79 Å². The molecular formula is C5H12ClNO3. The zero-order valence-electron chi connectivity index (χ0n) is 5.97. The fourth-order valence-electron chi connectivity index (χ4n) is 0.416. The normalized spacial score (nSPS) is 12.5. The van der Waals surface area contributed by atoms with Gasteiger partial charge in [-0.1, -0.05) is 0 Å². The molecule has 1 unspecified atom stereocenters. The van der Waals surface area contributed by atoms with Crippen LogP contribution in [0.2, 0.25) is 0 Å². The van der Waals surface area contributed by atoms with Crippen molar-refractivity contribution in [1.29, 1.82) is 0 Å². The van der Waals surface area contributed by atoms with Gasteiger partial charge in [-0.15, -0.1) is 0 Å². The number of likely N-dealkylation sites (N-methyl/N-ethyl adjacent to an activating group) is 1. The Kier molecular flexibility index (Phi) is 7.02. The topological polar surface area (TPSA) is 62.0 Å². The first kappa shape index (κ1) is 12.5. The van der Waals surface area contributed by atoms with E-state index < -0.39 is 18.6 Å².